The fourth-order valence-corrected chi connectivity index (χ4v) is 2.69. The van der Waals surface area contributed by atoms with Crippen molar-refractivity contribution in [2.24, 2.45) is 5.73 Å². The van der Waals surface area contributed by atoms with Crippen molar-refractivity contribution < 1.29 is 4.74 Å². The highest BCUT2D eigenvalue weighted by atomic mass is 79.9. The van der Waals surface area contributed by atoms with Crippen molar-refractivity contribution in [2.75, 3.05) is 0 Å². The highest BCUT2D eigenvalue weighted by Crippen LogP contribution is 2.28. The number of aryl methyl sites for hydroxylation is 2. The summed E-state index contributed by atoms with van der Waals surface area (Å²) in [5.74, 6) is 0.847. The predicted molar refractivity (Wildman–Crippen MR) is 88.3 cm³/mol. The molecular weight excluding hydrogens is 330 g/mol. The molecule has 0 saturated heterocycles. The van der Waals surface area contributed by atoms with E-state index in [1.54, 1.807) is 0 Å². The maximum absolute atomic E-state index is 6.15. The Morgan fingerprint density at radius 3 is 2.71 bits per heavy atom. The Balaban J connectivity index is 2.21. The molecule has 0 saturated carbocycles. The van der Waals surface area contributed by atoms with Crippen LogP contribution in [0.1, 0.15) is 43.3 Å². The molecule has 1 aromatic heterocycles. The zero-order chi connectivity index (χ0) is 15.4. The van der Waals surface area contributed by atoms with Crippen LogP contribution in [0.4, 0.5) is 0 Å². The monoisotopic (exact) mass is 351 g/mol. The fourth-order valence-electron chi connectivity index (χ4n) is 2.29. The van der Waals surface area contributed by atoms with Crippen LogP contribution >= 0.6 is 15.9 Å². The van der Waals surface area contributed by atoms with E-state index < -0.39 is 0 Å². The summed E-state index contributed by atoms with van der Waals surface area (Å²) in [4.78, 5) is 0. The lowest BCUT2D eigenvalue weighted by atomic mass is 10.0. The summed E-state index contributed by atoms with van der Waals surface area (Å²) in [6.07, 6.45) is 0.885. The highest BCUT2D eigenvalue weighted by molar-refractivity contribution is 9.10. The number of aromatic nitrogens is 2. The second-order valence-corrected chi connectivity index (χ2v) is 5.80. The van der Waals surface area contributed by atoms with Gasteiger partial charge in [0.15, 0.2) is 0 Å². The summed E-state index contributed by atoms with van der Waals surface area (Å²) in [6.45, 7) is 7.43. The van der Waals surface area contributed by atoms with Gasteiger partial charge >= 0.3 is 0 Å². The Hall–Kier alpha value is -1.33. The van der Waals surface area contributed by atoms with Gasteiger partial charge in [0.25, 0.3) is 0 Å². The first-order valence-corrected chi connectivity index (χ1v) is 8.06. The van der Waals surface area contributed by atoms with Gasteiger partial charge in [-0.3, -0.25) is 4.68 Å². The smallest absolute Gasteiger partial charge is 0.131 e. The lowest BCUT2D eigenvalue weighted by Crippen LogP contribution is -2.12. The number of hydrogen-bond donors (Lipinski definition) is 1. The summed E-state index contributed by atoms with van der Waals surface area (Å²) in [5.41, 5.74) is 9.23. The molecule has 0 unspecified atom stereocenters. The van der Waals surface area contributed by atoms with Crippen LogP contribution < -0.4 is 10.5 Å². The molecule has 1 aromatic carbocycles. The molecule has 0 fully saturated rings. The van der Waals surface area contributed by atoms with Gasteiger partial charge in [0.05, 0.1) is 15.9 Å². The molecule has 4 nitrogen and oxygen atoms in total. The first kappa shape index (κ1) is 16.0. The van der Waals surface area contributed by atoms with E-state index in [0.717, 1.165) is 40.1 Å². The summed E-state index contributed by atoms with van der Waals surface area (Å²) in [6, 6.07) is 7.97. The van der Waals surface area contributed by atoms with Gasteiger partial charge in [-0.05, 0) is 42.3 Å². The average molecular weight is 352 g/mol. The molecule has 5 heteroatoms. The maximum atomic E-state index is 6.15. The average Bonchev–Trinajstić information content (AvgIpc) is 2.79. The molecule has 0 aliphatic rings. The summed E-state index contributed by atoms with van der Waals surface area (Å²) >= 11 is 3.59. The number of hydrogen-bond acceptors (Lipinski definition) is 3. The minimum Gasteiger partial charge on any atom is -0.487 e. The Morgan fingerprint density at radius 1 is 1.33 bits per heavy atom. The molecule has 2 aromatic rings. The van der Waals surface area contributed by atoms with Crippen LogP contribution in [-0.4, -0.2) is 9.78 Å². The topological polar surface area (TPSA) is 53.1 Å². The molecule has 0 aliphatic carbocycles. The van der Waals surface area contributed by atoms with E-state index in [2.05, 4.69) is 34.9 Å². The normalized spacial score (nSPS) is 12.4. The van der Waals surface area contributed by atoms with Crippen molar-refractivity contribution >= 4 is 15.9 Å². The lowest BCUT2D eigenvalue weighted by Gasteiger charge is -2.16. The molecular formula is C16H22BrN3O. The molecule has 0 bridgehead atoms. The second kappa shape index (κ2) is 7.09. The number of para-hydroxylation sites is 1. The standard InChI is InChI=1S/C16H22BrN3O/c1-4-13(18)12-8-6-7-9-15(12)21-10-14-16(17)11(3)19-20(14)5-2/h6-9,13H,4-5,10,18H2,1-3H3/t13-/m1/s1. The van der Waals surface area contributed by atoms with Crippen molar-refractivity contribution in [3.63, 3.8) is 0 Å². The van der Waals surface area contributed by atoms with Gasteiger partial charge in [-0.1, -0.05) is 25.1 Å². The third-order valence-corrected chi connectivity index (χ3v) is 4.61. The van der Waals surface area contributed by atoms with Crippen molar-refractivity contribution in [3.8, 4) is 5.75 Å². The number of nitrogens with two attached hydrogens (primary N) is 1. The molecule has 0 aliphatic heterocycles. The van der Waals surface area contributed by atoms with Gasteiger partial charge in [-0.15, -0.1) is 0 Å². The number of halogens is 1. The first-order valence-electron chi connectivity index (χ1n) is 7.27. The maximum Gasteiger partial charge on any atom is 0.131 e. The zero-order valence-electron chi connectivity index (χ0n) is 12.8. The Bertz CT molecular complexity index is 610. The molecule has 114 valence electrons. The quantitative estimate of drug-likeness (QED) is 0.856. The van der Waals surface area contributed by atoms with Crippen molar-refractivity contribution in [2.45, 2.75) is 46.4 Å². The van der Waals surface area contributed by atoms with E-state index in [9.17, 15) is 0 Å². The van der Waals surface area contributed by atoms with Crippen molar-refractivity contribution in [3.05, 3.63) is 45.7 Å². The van der Waals surface area contributed by atoms with Crippen LogP contribution in [0, 0.1) is 6.92 Å². The second-order valence-electron chi connectivity index (χ2n) is 5.00. The van der Waals surface area contributed by atoms with Crippen molar-refractivity contribution in [1.29, 1.82) is 0 Å². The SMILES string of the molecule is CC[C@@H](N)c1ccccc1OCc1c(Br)c(C)nn1CC. The van der Waals surface area contributed by atoms with E-state index in [4.69, 9.17) is 10.5 Å². The van der Waals surface area contributed by atoms with Crippen LogP contribution in [0.25, 0.3) is 0 Å². The molecule has 0 spiro atoms. The molecule has 1 atom stereocenters. The minimum atomic E-state index is 0.00228. The molecule has 0 radical (unpaired) electrons. The molecule has 0 amide bonds. The highest BCUT2D eigenvalue weighted by Gasteiger charge is 2.15. The van der Waals surface area contributed by atoms with E-state index in [1.807, 2.05) is 35.9 Å². The predicted octanol–water partition coefficient (Wildman–Crippen LogP) is 3.96. The van der Waals surface area contributed by atoms with Crippen LogP contribution in [0.5, 0.6) is 5.75 Å². The number of benzene rings is 1. The lowest BCUT2D eigenvalue weighted by molar-refractivity contribution is 0.287. The third-order valence-electron chi connectivity index (χ3n) is 3.58. The fraction of sp³-hybridized carbons (Fsp3) is 0.438. The number of ether oxygens (including phenoxy) is 1. The van der Waals surface area contributed by atoms with Gasteiger partial charge in [0.2, 0.25) is 0 Å². The Kier molecular flexibility index (Phi) is 5.42. The molecule has 2 N–H and O–H groups in total. The van der Waals surface area contributed by atoms with Gasteiger partial charge in [0.1, 0.15) is 12.4 Å². The van der Waals surface area contributed by atoms with Crippen LogP contribution in [0.2, 0.25) is 0 Å². The Morgan fingerprint density at radius 2 is 2.05 bits per heavy atom. The number of rotatable bonds is 6. The van der Waals surface area contributed by atoms with E-state index in [-0.39, 0.29) is 6.04 Å². The van der Waals surface area contributed by atoms with Gasteiger partial charge in [-0.2, -0.15) is 5.10 Å². The molecule has 2 rings (SSSR count). The van der Waals surface area contributed by atoms with E-state index in [1.165, 1.54) is 0 Å². The zero-order valence-corrected chi connectivity index (χ0v) is 14.4. The summed E-state index contributed by atoms with van der Waals surface area (Å²) < 4.78 is 8.99. The van der Waals surface area contributed by atoms with Gasteiger partial charge in [-0.25, -0.2) is 0 Å². The van der Waals surface area contributed by atoms with Gasteiger partial charge < -0.3 is 10.5 Å². The summed E-state index contributed by atoms with van der Waals surface area (Å²) in [7, 11) is 0. The molecule has 1 heterocycles. The number of nitrogens with zero attached hydrogens (tertiary/aromatic N) is 2. The minimum absolute atomic E-state index is 0.00228. The molecule has 21 heavy (non-hydrogen) atoms. The van der Waals surface area contributed by atoms with E-state index >= 15 is 0 Å². The first-order chi connectivity index (χ1) is 10.1. The van der Waals surface area contributed by atoms with Crippen LogP contribution in [-0.2, 0) is 13.2 Å². The Labute approximate surface area is 134 Å². The summed E-state index contributed by atoms with van der Waals surface area (Å²) in [5, 5.41) is 4.48. The van der Waals surface area contributed by atoms with Crippen LogP contribution in [0.15, 0.2) is 28.7 Å². The van der Waals surface area contributed by atoms with Gasteiger partial charge in [0, 0.05) is 18.2 Å². The van der Waals surface area contributed by atoms with Crippen molar-refractivity contribution in [1.82, 2.24) is 9.78 Å². The third kappa shape index (κ3) is 3.47. The van der Waals surface area contributed by atoms with E-state index in [0.29, 0.717) is 6.61 Å². The van der Waals surface area contributed by atoms with Crippen LogP contribution in [0.3, 0.4) is 0 Å². The largest absolute Gasteiger partial charge is 0.487 e.